The molecule has 0 aliphatic carbocycles. The fourth-order valence-corrected chi connectivity index (χ4v) is 3.96. The molecule has 0 radical (unpaired) electrons. The van der Waals surface area contributed by atoms with E-state index in [1.54, 1.807) is 36.4 Å². The average molecular weight is 470 g/mol. The summed E-state index contributed by atoms with van der Waals surface area (Å²) in [6, 6.07) is 12.0. The van der Waals surface area contributed by atoms with Gasteiger partial charge in [0.25, 0.3) is 0 Å². The summed E-state index contributed by atoms with van der Waals surface area (Å²) in [5, 5.41) is 5.62. The van der Waals surface area contributed by atoms with Crippen molar-refractivity contribution in [3.05, 3.63) is 53.6 Å². The molecule has 2 aromatic carbocycles. The first-order valence-corrected chi connectivity index (χ1v) is 11.0. The Labute approximate surface area is 194 Å². The fourth-order valence-electron chi connectivity index (χ4n) is 3.42. The van der Waals surface area contributed by atoms with Gasteiger partial charge in [-0.3, -0.25) is 10.1 Å². The van der Waals surface area contributed by atoms with Crippen molar-refractivity contribution in [2.75, 3.05) is 56.1 Å². The van der Waals surface area contributed by atoms with E-state index in [2.05, 4.69) is 24.9 Å². The summed E-state index contributed by atoms with van der Waals surface area (Å²) in [5.74, 6) is 0.186. The van der Waals surface area contributed by atoms with Crippen molar-refractivity contribution in [1.82, 2.24) is 9.36 Å². The highest BCUT2D eigenvalue weighted by Gasteiger charge is 2.22. The predicted octanol–water partition coefficient (Wildman–Crippen LogP) is 3.27. The fraction of sp³-hybridized carbons (Fsp3) is 0.273. The van der Waals surface area contributed by atoms with Gasteiger partial charge in [0.15, 0.2) is 5.78 Å². The van der Waals surface area contributed by atoms with Crippen molar-refractivity contribution < 1.29 is 23.8 Å². The van der Waals surface area contributed by atoms with Gasteiger partial charge in [-0.15, -0.1) is 4.37 Å². The Morgan fingerprint density at radius 3 is 2.55 bits per heavy atom. The van der Waals surface area contributed by atoms with Crippen LogP contribution in [0.25, 0.3) is 0 Å². The molecule has 10 nitrogen and oxygen atoms in total. The summed E-state index contributed by atoms with van der Waals surface area (Å²) in [6.45, 7) is 2.66. The molecule has 0 atom stereocenters. The first-order chi connectivity index (χ1) is 16.1. The molecule has 0 spiro atoms. The number of para-hydroxylation sites is 1. The number of methoxy groups -OCH3 is 2. The van der Waals surface area contributed by atoms with Gasteiger partial charge in [-0.25, -0.2) is 4.79 Å². The van der Waals surface area contributed by atoms with E-state index < -0.39 is 6.03 Å². The smallest absolute Gasteiger partial charge is 0.329 e. The van der Waals surface area contributed by atoms with Gasteiger partial charge in [0, 0.05) is 35.9 Å². The molecule has 0 bridgehead atoms. The third-order valence-electron chi connectivity index (χ3n) is 5.03. The summed E-state index contributed by atoms with van der Waals surface area (Å²) >= 11 is 0.987. The number of carbonyl (C=O) groups is 2. The number of anilines is 3. The molecule has 3 aromatic rings. The first-order valence-electron chi connectivity index (χ1n) is 10.2. The lowest BCUT2D eigenvalue weighted by Crippen LogP contribution is -2.36. The molecular formula is C22H23N5O5S. The predicted molar refractivity (Wildman–Crippen MR) is 125 cm³/mol. The molecule has 1 saturated heterocycles. The number of hydrogen-bond donors (Lipinski definition) is 2. The van der Waals surface area contributed by atoms with E-state index in [0.29, 0.717) is 48.9 Å². The molecule has 33 heavy (non-hydrogen) atoms. The lowest BCUT2D eigenvalue weighted by Gasteiger charge is -2.29. The minimum absolute atomic E-state index is 0.164. The molecule has 1 fully saturated rings. The van der Waals surface area contributed by atoms with Crippen molar-refractivity contribution in [1.29, 1.82) is 0 Å². The van der Waals surface area contributed by atoms with E-state index in [-0.39, 0.29) is 16.9 Å². The zero-order valence-electron chi connectivity index (χ0n) is 18.2. The van der Waals surface area contributed by atoms with Gasteiger partial charge in [-0.2, -0.15) is 4.98 Å². The average Bonchev–Trinajstić information content (AvgIpc) is 3.31. The highest BCUT2D eigenvalue weighted by atomic mass is 32.1. The highest BCUT2D eigenvalue weighted by Crippen LogP contribution is 2.29. The van der Waals surface area contributed by atoms with Crippen molar-refractivity contribution in [3.63, 3.8) is 0 Å². The van der Waals surface area contributed by atoms with Crippen LogP contribution in [0, 0.1) is 0 Å². The van der Waals surface area contributed by atoms with Crippen molar-refractivity contribution in [2.45, 2.75) is 0 Å². The van der Waals surface area contributed by atoms with E-state index in [0.717, 1.165) is 17.2 Å². The van der Waals surface area contributed by atoms with Gasteiger partial charge in [0.05, 0.1) is 38.7 Å². The van der Waals surface area contributed by atoms with E-state index >= 15 is 0 Å². The maximum atomic E-state index is 13.5. The topological polar surface area (TPSA) is 115 Å². The number of hydrogen-bond acceptors (Lipinski definition) is 9. The van der Waals surface area contributed by atoms with Crippen molar-refractivity contribution >= 4 is 39.9 Å². The van der Waals surface area contributed by atoms with Crippen LogP contribution in [0.15, 0.2) is 42.5 Å². The second kappa shape index (κ2) is 10.3. The zero-order chi connectivity index (χ0) is 23.2. The van der Waals surface area contributed by atoms with Crippen LogP contribution in [0.3, 0.4) is 0 Å². The van der Waals surface area contributed by atoms with Gasteiger partial charge in [0.1, 0.15) is 5.75 Å². The Morgan fingerprint density at radius 1 is 1.03 bits per heavy atom. The number of ether oxygens (including phenoxy) is 3. The molecule has 0 unspecified atom stereocenters. The Kier molecular flexibility index (Phi) is 7.01. The number of morpholine rings is 1. The second-order valence-electron chi connectivity index (χ2n) is 7.02. The summed E-state index contributed by atoms with van der Waals surface area (Å²) < 4.78 is 19.7. The molecule has 11 heteroatoms. The van der Waals surface area contributed by atoms with E-state index in [9.17, 15) is 9.59 Å². The second-order valence-corrected chi connectivity index (χ2v) is 7.78. The summed E-state index contributed by atoms with van der Waals surface area (Å²) in [5.41, 5.74) is 1.97. The zero-order valence-corrected chi connectivity index (χ0v) is 19.0. The van der Waals surface area contributed by atoms with Crippen LogP contribution in [0.2, 0.25) is 0 Å². The maximum Gasteiger partial charge on any atom is 0.329 e. The van der Waals surface area contributed by atoms with Gasteiger partial charge in [-0.1, -0.05) is 12.1 Å². The summed E-state index contributed by atoms with van der Waals surface area (Å²) in [7, 11) is 2.96. The number of nitrogens with one attached hydrogen (secondary N) is 2. The van der Waals surface area contributed by atoms with Crippen molar-refractivity contribution in [3.8, 4) is 11.8 Å². The number of urea groups is 1. The van der Waals surface area contributed by atoms with Gasteiger partial charge in [0.2, 0.25) is 5.13 Å². The quantitative estimate of drug-likeness (QED) is 0.507. The van der Waals surface area contributed by atoms with Crippen molar-refractivity contribution in [2.24, 2.45) is 0 Å². The molecule has 1 aliphatic rings. The molecule has 0 saturated carbocycles. The Hall–Kier alpha value is -3.70. The van der Waals surface area contributed by atoms with Crippen LogP contribution in [-0.4, -0.2) is 61.7 Å². The Bertz CT molecular complexity index is 1150. The number of amides is 2. The number of carbonyl (C=O) groups excluding carboxylic acids is 2. The third-order valence-corrected chi connectivity index (χ3v) is 5.65. The molecule has 1 aromatic heterocycles. The lowest BCUT2D eigenvalue weighted by atomic mass is 9.99. The monoisotopic (exact) mass is 469 g/mol. The van der Waals surface area contributed by atoms with E-state index in [4.69, 9.17) is 14.2 Å². The molecule has 172 valence electrons. The first kappa shape index (κ1) is 22.5. The maximum absolute atomic E-state index is 13.5. The molecule has 1 aliphatic heterocycles. The van der Waals surface area contributed by atoms with Crippen LogP contribution in [-0.2, 0) is 4.74 Å². The molecule has 2 amide bonds. The molecular weight excluding hydrogens is 446 g/mol. The molecule has 4 rings (SSSR count). The van der Waals surface area contributed by atoms with Gasteiger partial charge in [-0.05, 0) is 30.3 Å². The Balaban J connectivity index is 1.64. The number of nitrogens with zero attached hydrogens (tertiary/aromatic N) is 3. The van der Waals surface area contributed by atoms with Crippen LogP contribution < -0.4 is 25.0 Å². The van der Waals surface area contributed by atoms with Crippen LogP contribution in [0.5, 0.6) is 11.8 Å². The van der Waals surface area contributed by atoms with Gasteiger partial charge < -0.3 is 24.4 Å². The molecule has 2 N–H and O–H groups in total. The minimum atomic E-state index is -0.554. The number of ketones is 1. The summed E-state index contributed by atoms with van der Waals surface area (Å²) in [6.07, 6.45) is 0. The normalized spacial score (nSPS) is 13.3. The van der Waals surface area contributed by atoms with Crippen LogP contribution in [0.4, 0.5) is 21.3 Å². The van der Waals surface area contributed by atoms with E-state index in [1.807, 2.05) is 6.07 Å². The lowest BCUT2D eigenvalue weighted by molar-refractivity contribution is 0.103. The van der Waals surface area contributed by atoms with Crippen LogP contribution in [0.1, 0.15) is 15.9 Å². The standard InChI is InChI=1S/C22H23N5O5S/c1-30-18-6-4-3-5-15(18)19(28)16-13-14(27-9-11-32-12-10-27)7-8-17(16)23-20(29)24-22-25-21(31-2)26-33-22/h3-8,13H,9-12H2,1-2H3,(H2,23,24,25,26,29). The number of aromatic nitrogens is 2. The Morgan fingerprint density at radius 2 is 1.82 bits per heavy atom. The largest absolute Gasteiger partial charge is 0.496 e. The number of rotatable bonds is 7. The van der Waals surface area contributed by atoms with E-state index in [1.165, 1.54) is 14.2 Å². The SMILES string of the molecule is COc1nsc(NC(=O)Nc2ccc(N3CCOCC3)cc2C(=O)c2ccccc2OC)n1. The summed E-state index contributed by atoms with van der Waals surface area (Å²) in [4.78, 5) is 32.3. The van der Waals surface area contributed by atoms with Gasteiger partial charge >= 0.3 is 12.0 Å². The third kappa shape index (κ3) is 5.21. The van der Waals surface area contributed by atoms with Crippen LogP contribution >= 0.6 is 11.5 Å². The minimum Gasteiger partial charge on any atom is -0.496 e. The number of benzene rings is 2. The molecule has 2 heterocycles. The highest BCUT2D eigenvalue weighted by molar-refractivity contribution is 7.10.